The summed E-state index contributed by atoms with van der Waals surface area (Å²) >= 11 is 0. The van der Waals surface area contributed by atoms with Crippen LogP contribution in [-0.2, 0) is 14.3 Å². The third-order valence-corrected chi connectivity index (χ3v) is 4.23. The average molecular weight is 454 g/mol. The Morgan fingerprint density at radius 2 is 2.12 bits per heavy atom. The van der Waals surface area contributed by atoms with Crippen LogP contribution in [0.3, 0.4) is 0 Å². The minimum absolute atomic E-state index is 0. The summed E-state index contributed by atoms with van der Waals surface area (Å²) in [6.45, 7) is 11.9. The smallest absolute Gasteiger partial charge is 0.242 e. The van der Waals surface area contributed by atoms with Crippen molar-refractivity contribution in [2.24, 2.45) is 4.99 Å². The summed E-state index contributed by atoms with van der Waals surface area (Å²) in [5.41, 5.74) is -0.231. The van der Waals surface area contributed by atoms with Crippen LogP contribution >= 0.6 is 24.0 Å². The first-order valence-electron chi connectivity index (χ1n) is 8.32. The molecule has 2 fully saturated rings. The Morgan fingerprint density at radius 1 is 1.42 bits per heavy atom. The third-order valence-electron chi connectivity index (χ3n) is 4.23. The molecule has 0 aliphatic carbocycles. The number of hydrogen-bond acceptors (Lipinski definition) is 4. The number of ether oxygens (including phenoxy) is 2. The van der Waals surface area contributed by atoms with Gasteiger partial charge in [-0.3, -0.25) is 9.79 Å². The van der Waals surface area contributed by atoms with Crippen LogP contribution in [0.15, 0.2) is 4.99 Å². The van der Waals surface area contributed by atoms with E-state index in [-0.39, 0.29) is 47.6 Å². The second-order valence-corrected chi connectivity index (χ2v) is 7.02. The van der Waals surface area contributed by atoms with Crippen molar-refractivity contribution in [3.8, 4) is 0 Å². The van der Waals surface area contributed by atoms with Crippen LogP contribution in [0.5, 0.6) is 0 Å². The molecular weight excluding hydrogens is 423 g/mol. The summed E-state index contributed by atoms with van der Waals surface area (Å²) in [6.07, 6.45) is 0.0289. The molecule has 2 heterocycles. The van der Waals surface area contributed by atoms with E-state index in [1.807, 2.05) is 9.80 Å². The van der Waals surface area contributed by atoms with Crippen LogP contribution in [0.1, 0.15) is 27.7 Å². The predicted molar refractivity (Wildman–Crippen MR) is 105 cm³/mol. The Labute approximate surface area is 162 Å². The SMILES string of the molecule is CN=C(NCC1COCCO1)N1CC(=O)N(C(C)C)C(C)(C)C1.I. The van der Waals surface area contributed by atoms with Gasteiger partial charge in [0.25, 0.3) is 0 Å². The van der Waals surface area contributed by atoms with Crippen molar-refractivity contribution in [1.82, 2.24) is 15.1 Å². The minimum atomic E-state index is -0.231. The van der Waals surface area contributed by atoms with Crippen molar-refractivity contribution in [3.63, 3.8) is 0 Å². The van der Waals surface area contributed by atoms with Crippen molar-refractivity contribution in [2.45, 2.75) is 45.4 Å². The quantitative estimate of drug-likeness (QED) is 0.391. The lowest BCUT2D eigenvalue weighted by Gasteiger charge is -2.49. The zero-order chi connectivity index (χ0) is 17.0. The number of nitrogens with one attached hydrogen (secondary N) is 1. The molecule has 140 valence electrons. The molecule has 2 saturated heterocycles. The number of carbonyl (C=O) groups is 1. The van der Waals surface area contributed by atoms with E-state index < -0.39 is 0 Å². The van der Waals surface area contributed by atoms with E-state index in [2.05, 4.69) is 38.0 Å². The number of hydrogen-bond donors (Lipinski definition) is 1. The molecule has 24 heavy (non-hydrogen) atoms. The first-order chi connectivity index (χ1) is 10.8. The molecule has 1 atom stereocenters. The maximum Gasteiger partial charge on any atom is 0.242 e. The first kappa shape index (κ1) is 21.4. The highest BCUT2D eigenvalue weighted by atomic mass is 127. The van der Waals surface area contributed by atoms with Crippen molar-refractivity contribution in [2.75, 3.05) is 46.5 Å². The maximum atomic E-state index is 12.5. The molecule has 0 bridgehead atoms. The summed E-state index contributed by atoms with van der Waals surface area (Å²) in [5, 5.41) is 3.31. The molecule has 2 aliphatic heterocycles. The number of halogens is 1. The van der Waals surface area contributed by atoms with Gasteiger partial charge in [-0.15, -0.1) is 24.0 Å². The normalized spacial score (nSPS) is 24.8. The molecule has 0 saturated carbocycles. The second-order valence-electron chi connectivity index (χ2n) is 7.02. The molecule has 1 amide bonds. The van der Waals surface area contributed by atoms with Gasteiger partial charge in [-0.05, 0) is 27.7 Å². The van der Waals surface area contributed by atoms with Gasteiger partial charge in [0.1, 0.15) is 0 Å². The van der Waals surface area contributed by atoms with E-state index in [0.29, 0.717) is 32.9 Å². The van der Waals surface area contributed by atoms with Gasteiger partial charge < -0.3 is 24.6 Å². The Kier molecular flexibility index (Phi) is 8.21. The summed E-state index contributed by atoms with van der Waals surface area (Å²) in [6, 6.07) is 0.197. The maximum absolute atomic E-state index is 12.5. The summed E-state index contributed by atoms with van der Waals surface area (Å²) in [5.74, 6) is 0.875. The fourth-order valence-corrected chi connectivity index (χ4v) is 3.50. The number of carbonyl (C=O) groups excluding carboxylic acids is 1. The second kappa shape index (κ2) is 9.19. The molecule has 2 rings (SSSR count). The lowest BCUT2D eigenvalue weighted by Crippen LogP contribution is -2.66. The van der Waals surface area contributed by atoms with Crippen LogP contribution in [0.4, 0.5) is 0 Å². The molecule has 0 aromatic carbocycles. The highest BCUT2D eigenvalue weighted by Gasteiger charge is 2.40. The van der Waals surface area contributed by atoms with Crippen LogP contribution in [0.2, 0.25) is 0 Å². The molecular formula is C16H31IN4O3. The van der Waals surface area contributed by atoms with E-state index in [1.54, 1.807) is 7.05 Å². The highest BCUT2D eigenvalue weighted by Crippen LogP contribution is 2.24. The lowest BCUT2D eigenvalue weighted by atomic mass is 9.96. The Morgan fingerprint density at radius 3 is 2.62 bits per heavy atom. The highest BCUT2D eigenvalue weighted by molar-refractivity contribution is 14.0. The fourth-order valence-electron chi connectivity index (χ4n) is 3.50. The van der Waals surface area contributed by atoms with Crippen LogP contribution in [0.25, 0.3) is 0 Å². The van der Waals surface area contributed by atoms with Gasteiger partial charge in [0, 0.05) is 26.2 Å². The van der Waals surface area contributed by atoms with E-state index in [9.17, 15) is 4.79 Å². The molecule has 0 radical (unpaired) electrons. The van der Waals surface area contributed by atoms with Crippen molar-refractivity contribution in [1.29, 1.82) is 0 Å². The summed E-state index contributed by atoms with van der Waals surface area (Å²) in [4.78, 5) is 20.9. The summed E-state index contributed by atoms with van der Waals surface area (Å²) in [7, 11) is 1.74. The molecule has 0 aromatic heterocycles. The predicted octanol–water partition coefficient (Wildman–Crippen LogP) is 0.926. The molecule has 0 spiro atoms. The topological polar surface area (TPSA) is 66.4 Å². The van der Waals surface area contributed by atoms with E-state index in [1.165, 1.54) is 0 Å². The Bertz CT molecular complexity index is 451. The summed E-state index contributed by atoms with van der Waals surface area (Å²) < 4.78 is 11.0. The zero-order valence-electron chi connectivity index (χ0n) is 15.4. The van der Waals surface area contributed by atoms with Crippen molar-refractivity contribution in [3.05, 3.63) is 0 Å². The number of rotatable bonds is 3. The largest absolute Gasteiger partial charge is 0.376 e. The number of amides is 1. The van der Waals surface area contributed by atoms with Gasteiger partial charge in [-0.1, -0.05) is 0 Å². The van der Waals surface area contributed by atoms with Gasteiger partial charge in [0.05, 0.1) is 38.0 Å². The standard InChI is InChI=1S/C16H30N4O3.HI/c1-12(2)20-14(21)9-19(11-16(20,3)4)15(17-5)18-8-13-10-22-6-7-23-13;/h12-13H,6-11H2,1-5H3,(H,17,18);1H. The minimum Gasteiger partial charge on any atom is -0.376 e. The van der Waals surface area contributed by atoms with Crippen LogP contribution in [0, 0.1) is 0 Å². The van der Waals surface area contributed by atoms with Crippen LogP contribution < -0.4 is 5.32 Å². The van der Waals surface area contributed by atoms with E-state index >= 15 is 0 Å². The zero-order valence-corrected chi connectivity index (χ0v) is 17.7. The molecule has 8 heteroatoms. The van der Waals surface area contributed by atoms with Gasteiger partial charge in [0.15, 0.2) is 5.96 Å². The number of nitrogens with zero attached hydrogens (tertiary/aromatic N) is 3. The van der Waals surface area contributed by atoms with E-state index in [0.717, 1.165) is 12.5 Å². The monoisotopic (exact) mass is 454 g/mol. The molecule has 0 aromatic rings. The average Bonchev–Trinajstić information content (AvgIpc) is 2.46. The van der Waals surface area contributed by atoms with Crippen molar-refractivity contribution >= 4 is 35.8 Å². The number of piperazine rings is 1. The number of guanidine groups is 1. The molecule has 1 N–H and O–H groups in total. The van der Waals surface area contributed by atoms with Gasteiger partial charge in [0.2, 0.25) is 5.91 Å². The first-order valence-corrected chi connectivity index (χ1v) is 8.32. The third kappa shape index (κ3) is 5.19. The van der Waals surface area contributed by atoms with E-state index in [4.69, 9.17) is 9.47 Å². The molecule has 7 nitrogen and oxygen atoms in total. The molecule has 1 unspecified atom stereocenters. The van der Waals surface area contributed by atoms with Gasteiger partial charge in [-0.2, -0.15) is 0 Å². The number of aliphatic imine (C=N–C) groups is 1. The van der Waals surface area contributed by atoms with Gasteiger partial charge in [-0.25, -0.2) is 0 Å². The fraction of sp³-hybridized carbons (Fsp3) is 0.875. The molecule has 2 aliphatic rings. The Hall–Kier alpha value is -0.610. The van der Waals surface area contributed by atoms with Crippen LogP contribution in [-0.4, -0.2) is 85.9 Å². The van der Waals surface area contributed by atoms with Gasteiger partial charge >= 0.3 is 0 Å². The lowest BCUT2D eigenvalue weighted by molar-refractivity contribution is -0.145. The Balaban J connectivity index is 0.00000288. The van der Waals surface area contributed by atoms with Crippen molar-refractivity contribution < 1.29 is 14.3 Å².